The molecule has 1 saturated carbocycles. The van der Waals surface area contributed by atoms with Gasteiger partial charge in [-0.25, -0.2) is 13.1 Å². The molecule has 4 nitrogen and oxygen atoms in total. The maximum absolute atomic E-state index is 12.2. The fourth-order valence-corrected chi connectivity index (χ4v) is 4.43. The predicted molar refractivity (Wildman–Crippen MR) is 86.8 cm³/mol. The van der Waals surface area contributed by atoms with Gasteiger partial charge in [0.15, 0.2) is 0 Å². The van der Waals surface area contributed by atoms with Crippen LogP contribution in [0.15, 0.2) is 23.1 Å². The average molecular weight is 331 g/mol. The largest absolute Gasteiger partial charge is 0.399 e. The van der Waals surface area contributed by atoms with Crippen LogP contribution in [0.5, 0.6) is 0 Å². The predicted octanol–water partition coefficient (Wildman–Crippen LogP) is 3.42. The molecule has 0 aromatic heterocycles. The molecule has 6 heteroatoms. The second kappa shape index (κ2) is 6.99. The standard InChI is InChI=1S/C15H23ClN2O2S/c1-11-2-4-12(5-3-11)8-9-18-21(19,20)15-7-6-13(17)10-14(15)16/h6-7,10-12,18H,2-5,8-9,17H2,1H3. The Labute approximate surface area is 132 Å². The minimum atomic E-state index is -3.56. The van der Waals surface area contributed by atoms with Crippen molar-refractivity contribution in [2.45, 2.75) is 43.9 Å². The van der Waals surface area contributed by atoms with Crippen molar-refractivity contribution < 1.29 is 8.42 Å². The van der Waals surface area contributed by atoms with Crippen LogP contribution in [-0.2, 0) is 10.0 Å². The third kappa shape index (κ3) is 4.59. The first-order valence-corrected chi connectivity index (χ1v) is 9.29. The van der Waals surface area contributed by atoms with Gasteiger partial charge in [-0.1, -0.05) is 44.2 Å². The lowest BCUT2D eigenvalue weighted by molar-refractivity contribution is 0.278. The summed E-state index contributed by atoms with van der Waals surface area (Å²) in [5, 5.41) is 0.161. The molecule has 2 rings (SSSR count). The van der Waals surface area contributed by atoms with Crippen LogP contribution < -0.4 is 10.5 Å². The van der Waals surface area contributed by atoms with E-state index >= 15 is 0 Å². The topological polar surface area (TPSA) is 72.2 Å². The van der Waals surface area contributed by atoms with Crippen molar-refractivity contribution in [3.05, 3.63) is 23.2 Å². The second-order valence-corrected chi connectivity index (χ2v) is 8.14. The number of hydrogen-bond donors (Lipinski definition) is 2. The van der Waals surface area contributed by atoms with Crippen LogP contribution in [0, 0.1) is 11.8 Å². The van der Waals surface area contributed by atoms with Crippen LogP contribution in [-0.4, -0.2) is 15.0 Å². The van der Waals surface area contributed by atoms with E-state index in [1.165, 1.54) is 37.8 Å². The minimum Gasteiger partial charge on any atom is -0.399 e. The summed E-state index contributed by atoms with van der Waals surface area (Å²) in [6.07, 6.45) is 5.79. The Morgan fingerprint density at radius 2 is 1.95 bits per heavy atom. The molecule has 0 heterocycles. The molecule has 1 aliphatic carbocycles. The van der Waals surface area contributed by atoms with Crippen LogP contribution in [0.25, 0.3) is 0 Å². The Bertz CT molecular complexity index is 581. The zero-order valence-corrected chi connectivity index (χ0v) is 13.9. The van der Waals surface area contributed by atoms with Gasteiger partial charge in [0, 0.05) is 12.2 Å². The zero-order valence-electron chi connectivity index (χ0n) is 12.3. The van der Waals surface area contributed by atoms with Crippen molar-refractivity contribution in [2.75, 3.05) is 12.3 Å². The first-order chi connectivity index (χ1) is 9.88. The van der Waals surface area contributed by atoms with E-state index < -0.39 is 10.0 Å². The van der Waals surface area contributed by atoms with E-state index in [-0.39, 0.29) is 9.92 Å². The highest BCUT2D eigenvalue weighted by Crippen LogP contribution is 2.30. The summed E-state index contributed by atoms with van der Waals surface area (Å²) in [4.78, 5) is 0.0932. The van der Waals surface area contributed by atoms with E-state index in [2.05, 4.69) is 11.6 Å². The lowest BCUT2D eigenvalue weighted by Crippen LogP contribution is -2.27. The van der Waals surface area contributed by atoms with Crippen LogP contribution in [0.2, 0.25) is 5.02 Å². The highest BCUT2D eigenvalue weighted by molar-refractivity contribution is 7.89. The molecular weight excluding hydrogens is 308 g/mol. The fourth-order valence-electron chi connectivity index (χ4n) is 2.83. The third-order valence-corrected chi connectivity index (χ3v) is 6.17. The monoisotopic (exact) mass is 330 g/mol. The Hall–Kier alpha value is -0.780. The number of sulfonamides is 1. The van der Waals surface area contributed by atoms with Crippen molar-refractivity contribution in [1.82, 2.24) is 4.72 Å². The summed E-state index contributed by atoms with van der Waals surface area (Å²) >= 11 is 5.96. The molecule has 1 aliphatic rings. The normalized spacial score (nSPS) is 23.1. The molecule has 0 saturated heterocycles. The number of hydrogen-bond acceptors (Lipinski definition) is 3. The van der Waals surface area contributed by atoms with E-state index in [1.807, 2.05) is 0 Å². The number of nitrogens with two attached hydrogens (primary N) is 1. The van der Waals surface area contributed by atoms with Gasteiger partial charge in [-0.05, 0) is 36.5 Å². The molecule has 0 atom stereocenters. The lowest BCUT2D eigenvalue weighted by Gasteiger charge is -2.26. The number of halogens is 1. The Morgan fingerprint density at radius 1 is 1.29 bits per heavy atom. The molecule has 0 unspecified atom stereocenters. The third-order valence-electron chi connectivity index (χ3n) is 4.23. The van der Waals surface area contributed by atoms with E-state index in [9.17, 15) is 8.42 Å². The van der Waals surface area contributed by atoms with Gasteiger partial charge >= 0.3 is 0 Å². The Kier molecular flexibility index (Phi) is 5.52. The SMILES string of the molecule is CC1CCC(CCNS(=O)(=O)c2ccc(N)cc2Cl)CC1. The van der Waals surface area contributed by atoms with Gasteiger partial charge in [-0.15, -0.1) is 0 Å². The molecule has 0 aliphatic heterocycles. The van der Waals surface area contributed by atoms with Crippen molar-refractivity contribution >= 4 is 27.3 Å². The fraction of sp³-hybridized carbons (Fsp3) is 0.600. The maximum atomic E-state index is 12.2. The summed E-state index contributed by atoms with van der Waals surface area (Å²) in [7, 11) is -3.56. The Morgan fingerprint density at radius 3 is 2.57 bits per heavy atom. The lowest BCUT2D eigenvalue weighted by atomic mass is 9.81. The molecular formula is C15H23ClN2O2S. The maximum Gasteiger partial charge on any atom is 0.242 e. The molecule has 1 fully saturated rings. The number of benzene rings is 1. The van der Waals surface area contributed by atoms with Gasteiger partial charge in [-0.2, -0.15) is 0 Å². The van der Waals surface area contributed by atoms with Crippen LogP contribution >= 0.6 is 11.6 Å². The molecule has 1 aromatic rings. The van der Waals surface area contributed by atoms with E-state index in [0.717, 1.165) is 12.3 Å². The molecule has 1 aromatic carbocycles. The zero-order chi connectivity index (χ0) is 15.5. The van der Waals surface area contributed by atoms with Crippen LogP contribution in [0.1, 0.15) is 39.0 Å². The van der Waals surface area contributed by atoms with Gasteiger partial charge < -0.3 is 5.73 Å². The van der Waals surface area contributed by atoms with E-state index in [0.29, 0.717) is 18.2 Å². The van der Waals surface area contributed by atoms with Gasteiger partial charge in [0.1, 0.15) is 4.90 Å². The average Bonchev–Trinajstić information content (AvgIpc) is 2.40. The van der Waals surface area contributed by atoms with Crippen molar-refractivity contribution in [2.24, 2.45) is 11.8 Å². The molecule has 0 radical (unpaired) electrons. The van der Waals surface area contributed by atoms with Crippen molar-refractivity contribution in [1.29, 1.82) is 0 Å². The smallest absolute Gasteiger partial charge is 0.242 e. The van der Waals surface area contributed by atoms with Crippen LogP contribution in [0.4, 0.5) is 5.69 Å². The molecule has 118 valence electrons. The minimum absolute atomic E-state index is 0.0932. The van der Waals surface area contributed by atoms with Gasteiger partial charge in [0.25, 0.3) is 0 Å². The van der Waals surface area contributed by atoms with E-state index in [1.54, 1.807) is 6.07 Å². The molecule has 0 amide bonds. The van der Waals surface area contributed by atoms with E-state index in [4.69, 9.17) is 17.3 Å². The summed E-state index contributed by atoms with van der Waals surface area (Å²) in [5.41, 5.74) is 6.03. The quantitative estimate of drug-likeness (QED) is 0.812. The Balaban J connectivity index is 1.89. The summed E-state index contributed by atoms with van der Waals surface area (Å²) in [6, 6.07) is 4.45. The van der Waals surface area contributed by atoms with Gasteiger partial charge in [-0.3, -0.25) is 0 Å². The molecule has 21 heavy (non-hydrogen) atoms. The number of nitrogen functional groups attached to an aromatic ring is 1. The van der Waals surface area contributed by atoms with Crippen molar-refractivity contribution in [3.63, 3.8) is 0 Å². The number of rotatable bonds is 5. The summed E-state index contributed by atoms with van der Waals surface area (Å²) in [6.45, 7) is 2.74. The molecule has 0 bridgehead atoms. The van der Waals surface area contributed by atoms with Crippen LogP contribution in [0.3, 0.4) is 0 Å². The number of anilines is 1. The molecule has 3 N–H and O–H groups in total. The first kappa shape index (κ1) is 16.6. The van der Waals surface area contributed by atoms with Crippen molar-refractivity contribution in [3.8, 4) is 0 Å². The summed E-state index contributed by atoms with van der Waals surface area (Å²) in [5.74, 6) is 1.44. The van der Waals surface area contributed by atoms with Gasteiger partial charge in [0.2, 0.25) is 10.0 Å². The highest BCUT2D eigenvalue weighted by atomic mass is 35.5. The first-order valence-electron chi connectivity index (χ1n) is 7.43. The highest BCUT2D eigenvalue weighted by Gasteiger charge is 2.20. The molecule has 0 spiro atoms. The van der Waals surface area contributed by atoms with Gasteiger partial charge in [0.05, 0.1) is 5.02 Å². The number of nitrogens with one attached hydrogen (secondary N) is 1. The summed E-state index contributed by atoms with van der Waals surface area (Å²) < 4.78 is 27.1. The second-order valence-electron chi connectivity index (χ2n) is 6.00.